The molecule has 800 valence electrons. The third kappa shape index (κ3) is 41.6. The van der Waals surface area contributed by atoms with Crippen LogP contribution in [0, 0.1) is 43.3 Å². The molecule has 0 aromatic rings. The molecule has 16 rings (SSSR count). The van der Waals surface area contributed by atoms with Crippen molar-refractivity contribution >= 4 is 79.9 Å². The van der Waals surface area contributed by atoms with Crippen LogP contribution in [0.2, 0.25) is 0 Å². The van der Waals surface area contributed by atoms with Gasteiger partial charge in [-0.05, 0) is 238 Å². The Bertz CT molecular complexity index is 4050. The van der Waals surface area contributed by atoms with E-state index in [9.17, 15) is 79.7 Å². The average molecular weight is 2160 g/mol. The number of nitrogens with two attached hydrogens (primary N) is 4. The van der Waals surface area contributed by atoms with Gasteiger partial charge in [-0.1, -0.05) is 153 Å². The summed E-state index contributed by atoms with van der Waals surface area (Å²) in [6.07, 6.45) is 51.7. The van der Waals surface area contributed by atoms with Gasteiger partial charge in [-0.25, -0.2) is 16.8 Å². The monoisotopic (exact) mass is 2150 g/mol. The molecule has 0 aliphatic heterocycles. The van der Waals surface area contributed by atoms with E-state index in [0.29, 0.717) is 60.7 Å². The van der Waals surface area contributed by atoms with Crippen LogP contribution in [0.3, 0.4) is 0 Å². The maximum absolute atomic E-state index is 11.3. The first-order valence-electron chi connectivity index (χ1n) is 46.9. The van der Waals surface area contributed by atoms with Crippen molar-refractivity contribution in [2.45, 2.75) is 435 Å². The van der Waals surface area contributed by atoms with Gasteiger partial charge >= 0.3 is 59.1 Å². The van der Waals surface area contributed by atoms with E-state index >= 15 is 0 Å². The molecule has 0 amide bonds. The van der Waals surface area contributed by atoms with Crippen LogP contribution in [0.1, 0.15) is 344 Å². The normalized spacial score (nSPS) is 33.7. The third-order valence-electron chi connectivity index (χ3n) is 30.8. The fraction of sp³-hybridized carbons (Fsp3) is 1.00. The maximum atomic E-state index is 11.3. The van der Waals surface area contributed by atoms with E-state index in [1.165, 1.54) is 86.9 Å². The second-order valence-corrected chi connectivity index (χ2v) is 50.7. The molecule has 16 saturated carbocycles. The van der Waals surface area contributed by atoms with E-state index in [2.05, 4.69) is 61.5 Å². The van der Waals surface area contributed by atoms with Crippen LogP contribution < -0.4 is 82.0 Å². The molecule has 54 heteroatoms. The fourth-order valence-corrected chi connectivity index (χ4v) is 28.2. The van der Waals surface area contributed by atoms with Crippen molar-refractivity contribution in [2.75, 3.05) is 51.8 Å². The topological polar surface area (TPSA) is 739 Å². The SMILES string of the molecule is C.C.C.C.CS(=O)(=O)Cl.CS(=O)(=O)Cl.CS(=O)(=O)OC1CCCC12CCC[C@H]2OS(C)(=O)=O.CS(=O)(=O)O[C@@H]1CCCC12CCC[C@H]2OS(C)(=O)=O.N[C@@H]1CCCC12CCC[C@@H]2N.N[C@H]1CCCC12CCC[C@@H]2N.OC1CCCC12CCC[C@H]2O.O[C@@H]1CCCC12CCC[C@H]2O.[2H]CF.[2H]CF.[HH].[HH].[N-]=[N+]=N[C@H]1CCCC12CCC[C@@H]2N=[N+]=[N-].[N-]=[N+]=N[C@H]1CCCC12CCC[C@H]2N=[N+]=[N-].[N-]=[N+]=[N-].[N-]=[N+]=[N-].[Na+].[Na+]. The van der Waals surface area contributed by atoms with E-state index < -0.39 is 108 Å². The molecule has 42 nitrogen and oxygen atoms in total. The van der Waals surface area contributed by atoms with E-state index in [1.807, 2.05) is 0 Å². The summed E-state index contributed by atoms with van der Waals surface area (Å²) in [7, 11) is -13.6. The number of rotatable bonds is 12. The number of aliphatic hydroxyl groups excluding tert-OH is 4. The summed E-state index contributed by atoms with van der Waals surface area (Å²) < 4.78 is 180. The standard InChI is InChI=1S/2C11H20O6S2.2C9H14N6.2C9H18N2.2C9H16O2.2CH3ClO2S.2CH3F.4CH4.2N3.2Na.2H2/c2*1-18(12,13)16-9-5-3-7-11(9)8-4-6-10(11)17-19(2,14)15;2*10-14-12-7-3-1-5-9(7)6-2-4-8(9)13-15-11;4*10-7-3-1-5-9(7)6-2-4-8(9)11;2*1-5(2,3)4;2*1-2;;;;;2*1-3-2;;;;/h2*9-10H,3-8H2,1-2H3;2*7-8H,1-6H2;2*7-8H,1-6,10-11H2;2*7-8,10-11H,1-6H2;2*1H3;2*1H3;4*1H4;;;;;2*1H/q;;;;;;;;;;;;;;;;2*-1;2*+1;;/t9-,10?,11?;9-,10-,11?;7-,8+,9?;7-,8-,9?;7-,8+,9?;7-,8-,9?;7-,8?,9?;7-,8-,9?;;;;;;;;;;;;;;/m11.0.011............../s1/i;;;;;;;;;;2*1D;;;;;;;;;;. The van der Waals surface area contributed by atoms with Gasteiger partial charge in [-0.3, -0.25) is 35.3 Å². The minimum atomic E-state index is -3.54. The molecule has 16 fully saturated rings. The van der Waals surface area contributed by atoms with E-state index in [-0.39, 0.29) is 162 Å². The summed E-state index contributed by atoms with van der Waals surface area (Å²) in [6.45, 7) is 0. The van der Waals surface area contributed by atoms with E-state index in [1.54, 1.807) is 0 Å². The van der Waals surface area contributed by atoms with Crippen molar-refractivity contribution in [2.24, 2.45) is 86.7 Å². The zero-order chi connectivity index (χ0) is 101. The van der Waals surface area contributed by atoms with Gasteiger partial charge in [0.2, 0.25) is 18.1 Å². The van der Waals surface area contributed by atoms with Gasteiger partial charge < -0.3 is 65.5 Å². The zero-order valence-corrected chi connectivity index (χ0v) is 89.6. The van der Waals surface area contributed by atoms with Gasteiger partial charge in [0, 0.05) is 125 Å². The minimum Gasteiger partial charge on any atom is -0.392 e. The largest absolute Gasteiger partial charge is 1.00 e. The number of alkyl halides is 2. The van der Waals surface area contributed by atoms with Crippen molar-refractivity contribution in [3.8, 4) is 0 Å². The molecule has 0 aromatic carbocycles. The predicted octanol–water partition coefficient (Wildman–Crippen LogP) is 13.9. The Morgan fingerprint density at radius 1 is 0.297 bits per heavy atom. The number of halogens is 4. The Balaban J connectivity index is -0.000000360. The Labute approximate surface area is 881 Å². The molecule has 6 unspecified atom stereocenters. The summed E-state index contributed by atoms with van der Waals surface area (Å²) in [4.78, 5) is 14.7. The molecule has 20 atom stereocenters. The Kier molecular flexibility index (Phi) is 65.2. The van der Waals surface area contributed by atoms with Crippen LogP contribution in [-0.4, -0.2) is 220 Å². The molecular formula is C84H168Cl2F2N22Na2O20S6. The molecule has 16 aliphatic rings. The number of nitrogens with zero attached hydrogens (tertiary/aromatic N) is 18. The van der Waals surface area contributed by atoms with Gasteiger partial charge in [-0.15, -0.1) is 0 Å². The predicted molar refractivity (Wildman–Crippen MR) is 534 cm³/mol. The molecule has 0 aromatic heterocycles. The molecule has 138 heavy (non-hydrogen) atoms. The quantitative estimate of drug-likeness (QED) is 0.0225. The summed E-state index contributed by atoms with van der Waals surface area (Å²) in [5.74, 6) is 0. The Hall–Kier alpha value is -2.48. The maximum Gasteiger partial charge on any atom is 1.00 e. The van der Waals surface area contributed by atoms with Crippen molar-refractivity contribution in [3.05, 3.63) is 73.7 Å². The van der Waals surface area contributed by atoms with Gasteiger partial charge in [0.15, 0.2) is 0 Å². The molecule has 0 heterocycles. The molecule has 0 saturated heterocycles. The molecule has 12 N–H and O–H groups in total. The Morgan fingerprint density at radius 3 is 0.558 bits per heavy atom. The van der Waals surface area contributed by atoms with Crippen molar-refractivity contribution in [3.63, 3.8) is 0 Å². The number of azide groups is 4. The summed E-state index contributed by atoms with van der Waals surface area (Å²) in [5.41, 5.74) is 85.1. The number of hydrogen-bond acceptors (Lipinski definition) is 28. The average Bonchev–Trinajstić information content (AvgIpc) is 1.61. The van der Waals surface area contributed by atoms with E-state index in [4.69, 9.17) is 86.7 Å². The Morgan fingerprint density at radius 2 is 0.428 bits per heavy atom. The third-order valence-corrected chi connectivity index (χ3v) is 33.1. The molecule has 8 spiro atoms. The van der Waals surface area contributed by atoms with Crippen LogP contribution >= 0.6 is 21.4 Å². The minimum absolute atomic E-state index is 0. The summed E-state index contributed by atoms with van der Waals surface area (Å²) in [6, 6.07) is 1.78. The first-order chi connectivity index (χ1) is 62.6. The number of aliphatic hydroxyl groups is 4. The molecule has 16 aliphatic carbocycles. The second kappa shape index (κ2) is 65.4. The van der Waals surface area contributed by atoms with Gasteiger partial charge in [0.25, 0.3) is 40.5 Å². The van der Waals surface area contributed by atoms with Crippen molar-refractivity contribution in [1.82, 2.24) is 0 Å². The summed E-state index contributed by atoms with van der Waals surface area (Å²) >= 11 is 0. The fourth-order valence-electron chi connectivity index (χ4n) is 25.3. The van der Waals surface area contributed by atoms with Gasteiger partial charge in [0.1, 0.15) is 0 Å². The van der Waals surface area contributed by atoms with E-state index in [0.717, 1.165) is 243 Å². The van der Waals surface area contributed by atoms with Crippen LogP contribution in [0.4, 0.5) is 8.78 Å². The van der Waals surface area contributed by atoms with Crippen molar-refractivity contribution < 1.29 is 161 Å². The van der Waals surface area contributed by atoms with Crippen LogP contribution in [0.15, 0.2) is 20.5 Å². The van der Waals surface area contributed by atoms with Crippen LogP contribution in [-0.2, 0) is 75.3 Å². The number of hydrogen-bond donors (Lipinski definition) is 8. The smallest absolute Gasteiger partial charge is 0.392 e. The first kappa shape index (κ1) is 138. The second-order valence-electron chi connectivity index (χ2n) is 38.2. The van der Waals surface area contributed by atoms with Crippen molar-refractivity contribution in [1.29, 1.82) is 0 Å². The van der Waals surface area contributed by atoms with Crippen LogP contribution in [0.5, 0.6) is 0 Å². The first-order valence-corrected chi connectivity index (χ1v) is 58.2. The molecule has 0 radical (unpaired) electrons. The summed E-state index contributed by atoms with van der Waals surface area (Å²) in [5, 5.41) is 54.3. The van der Waals surface area contributed by atoms with Gasteiger partial charge in [0.05, 0.1) is 103 Å². The zero-order valence-electron chi connectivity index (χ0n) is 81.2. The van der Waals surface area contributed by atoms with Gasteiger partial charge in [-0.2, -0.15) is 33.7 Å². The molecular weight excluding hydrogens is 1980 g/mol. The molecule has 0 bridgehead atoms. The van der Waals surface area contributed by atoms with Crippen LogP contribution in [0.25, 0.3) is 73.7 Å².